The summed E-state index contributed by atoms with van der Waals surface area (Å²) in [5.41, 5.74) is 1.34. The van der Waals surface area contributed by atoms with Gasteiger partial charge in [0, 0.05) is 28.7 Å². The molecule has 2 aliphatic heterocycles. The van der Waals surface area contributed by atoms with Crippen LogP contribution in [0.25, 0.3) is 27.3 Å². The van der Waals surface area contributed by atoms with Crippen molar-refractivity contribution >= 4 is 22.2 Å². The zero-order valence-corrected chi connectivity index (χ0v) is 10.8. The zero-order valence-electron chi connectivity index (χ0n) is 10.0. The molecule has 2 aromatic rings. The summed E-state index contributed by atoms with van der Waals surface area (Å²) < 4.78 is 14.7. The molecule has 1 aromatic heterocycles. The topological polar surface area (TPSA) is 63.6 Å². The maximum absolute atomic E-state index is 13.4. The lowest BCUT2D eigenvalue weighted by Gasteiger charge is -2.02. The highest BCUT2D eigenvalue weighted by Gasteiger charge is 2.20. The van der Waals surface area contributed by atoms with E-state index in [1.165, 1.54) is 28.2 Å². The second-order valence-corrected chi connectivity index (χ2v) is 5.15. The number of thiazole rings is 1. The molecule has 20 heavy (non-hydrogen) atoms. The Kier molecular flexibility index (Phi) is 2.25. The van der Waals surface area contributed by atoms with Crippen molar-refractivity contribution in [3.63, 3.8) is 0 Å². The Hall–Kier alpha value is -2.54. The van der Waals surface area contributed by atoms with E-state index in [1.54, 1.807) is 23.8 Å². The number of aromatic amines is 1. The number of nitrogens with one attached hydrogen (secondary N) is 1. The van der Waals surface area contributed by atoms with Crippen LogP contribution in [0.5, 0.6) is 0 Å². The number of benzene rings is 1. The van der Waals surface area contributed by atoms with Gasteiger partial charge in [0.15, 0.2) is 0 Å². The van der Waals surface area contributed by atoms with E-state index in [0.717, 1.165) is 5.52 Å². The molecule has 0 unspecified atom stereocenters. The van der Waals surface area contributed by atoms with Gasteiger partial charge in [0.25, 0.3) is 5.56 Å². The van der Waals surface area contributed by atoms with Crippen molar-refractivity contribution in [2.24, 2.45) is 0 Å². The van der Waals surface area contributed by atoms with Gasteiger partial charge >= 0.3 is 0 Å². The van der Waals surface area contributed by atoms with Gasteiger partial charge in [0.05, 0.1) is 5.56 Å². The summed E-state index contributed by atoms with van der Waals surface area (Å²) in [6, 6.07) is 4.35. The molecule has 3 heterocycles. The first-order chi connectivity index (χ1) is 9.74. The molecule has 0 bridgehead atoms. The molecule has 0 atom stereocenters. The highest BCUT2D eigenvalue weighted by Crippen LogP contribution is 2.26. The molecule has 98 valence electrons. The van der Waals surface area contributed by atoms with Crippen LogP contribution in [0.4, 0.5) is 4.39 Å². The third kappa shape index (κ3) is 1.50. The standard InChI is InChI=1S/C13H7FN4OS/c14-7-1-2-10-8(5-7)11-9(6-16-10)12(19)18(17-11)13-15-3-4-20-13/h1-6,16H. The number of hydrogen-bond donors (Lipinski definition) is 1. The maximum Gasteiger partial charge on any atom is 0.284 e. The minimum absolute atomic E-state index is 0.266. The predicted molar refractivity (Wildman–Crippen MR) is 73.9 cm³/mol. The monoisotopic (exact) mass is 286 g/mol. The van der Waals surface area contributed by atoms with E-state index in [4.69, 9.17) is 0 Å². The van der Waals surface area contributed by atoms with Crippen LogP contribution >= 0.6 is 11.3 Å². The molecule has 2 aliphatic rings. The number of rotatable bonds is 1. The molecule has 5 nitrogen and oxygen atoms in total. The first-order valence-corrected chi connectivity index (χ1v) is 6.71. The first kappa shape index (κ1) is 11.3. The lowest BCUT2D eigenvalue weighted by atomic mass is 10.1. The second-order valence-electron chi connectivity index (χ2n) is 4.27. The van der Waals surface area contributed by atoms with Crippen LogP contribution in [0.3, 0.4) is 0 Å². The quantitative estimate of drug-likeness (QED) is 0.584. The molecular formula is C13H7FN4OS. The number of nitrogens with zero attached hydrogens (tertiary/aromatic N) is 3. The fourth-order valence-corrected chi connectivity index (χ4v) is 2.77. The Morgan fingerprint density at radius 1 is 1.35 bits per heavy atom. The molecule has 1 aromatic carbocycles. The Morgan fingerprint density at radius 2 is 2.25 bits per heavy atom. The molecule has 0 fully saturated rings. The molecule has 0 spiro atoms. The normalized spacial score (nSPS) is 11.4. The molecule has 0 aliphatic carbocycles. The Bertz CT molecular complexity index is 941. The van der Waals surface area contributed by atoms with Crippen molar-refractivity contribution in [2.45, 2.75) is 0 Å². The minimum Gasteiger partial charge on any atom is -0.360 e. The number of halogens is 1. The van der Waals surface area contributed by atoms with Gasteiger partial charge in [-0.25, -0.2) is 9.37 Å². The van der Waals surface area contributed by atoms with E-state index >= 15 is 0 Å². The van der Waals surface area contributed by atoms with Crippen LogP contribution in [-0.4, -0.2) is 19.7 Å². The second kappa shape index (κ2) is 3.97. The molecule has 7 heteroatoms. The minimum atomic E-state index is -0.366. The van der Waals surface area contributed by atoms with Crippen molar-refractivity contribution in [1.29, 1.82) is 0 Å². The number of hydrogen-bond acceptors (Lipinski definition) is 4. The van der Waals surface area contributed by atoms with E-state index in [2.05, 4.69) is 15.1 Å². The summed E-state index contributed by atoms with van der Waals surface area (Å²) in [6.45, 7) is 0. The van der Waals surface area contributed by atoms with Crippen molar-refractivity contribution in [3.05, 3.63) is 52.1 Å². The Labute approximate surface area is 115 Å². The number of aromatic nitrogens is 4. The number of H-pyrrole nitrogens is 1. The zero-order chi connectivity index (χ0) is 13.7. The average molecular weight is 286 g/mol. The number of fused-ring (bicyclic) bond motifs is 3. The van der Waals surface area contributed by atoms with Crippen LogP contribution in [0.1, 0.15) is 0 Å². The molecule has 0 amide bonds. The Balaban J connectivity index is 2.13. The molecule has 0 radical (unpaired) electrons. The van der Waals surface area contributed by atoms with Gasteiger partial charge in [-0.15, -0.1) is 11.3 Å². The fraction of sp³-hybridized carbons (Fsp3) is 0. The van der Waals surface area contributed by atoms with Crippen LogP contribution in [-0.2, 0) is 0 Å². The molecule has 0 saturated heterocycles. The van der Waals surface area contributed by atoms with E-state index < -0.39 is 0 Å². The predicted octanol–water partition coefficient (Wildman–Crippen LogP) is 2.41. The SMILES string of the molecule is O=c1c2c[nH]c3ccc(F)cc3c-2nn1-c1nccs1. The summed E-state index contributed by atoms with van der Waals surface area (Å²) in [5.74, 6) is -0.366. The van der Waals surface area contributed by atoms with Gasteiger partial charge in [-0.1, -0.05) is 0 Å². The van der Waals surface area contributed by atoms with E-state index in [-0.39, 0.29) is 11.4 Å². The molecule has 4 rings (SSSR count). The third-order valence-corrected chi connectivity index (χ3v) is 3.83. The molecular weight excluding hydrogens is 279 g/mol. The van der Waals surface area contributed by atoms with Crippen molar-refractivity contribution in [2.75, 3.05) is 0 Å². The van der Waals surface area contributed by atoms with Crippen molar-refractivity contribution in [3.8, 4) is 16.4 Å². The lowest BCUT2D eigenvalue weighted by Crippen LogP contribution is -2.14. The van der Waals surface area contributed by atoms with Gasteiger partial charge < -0.3 is 4.98 Å². The number of pyridine rings is 1. The van der Waals surface area contributed by atoms with Gasteiger partial charge in [-0.05, 0) is 18.2 Å². The molecule has 0 saturated carbocycles. The molecule has 1 N–H and O–H groups in total. The first-order valence-electron chi connectivity index (χ1n) is 5.83. The summed E-state index contributed by atoms with van der Waals surface area (Å²) in [7, 11) is 0. The van der Waals surface area contributed by atoms with Crippen molar-refractivity contribution < 1.29 is 4.39 Å². The summed E-state index contributed by atoms with van der Waals surface area (Å²) in [5, 5.41) is 7.13. The van der Waals surface area contributed by atoms with Gasteiger partial charge in [0.1, 0.15) is 11.5 Å². The van der Waals surface area contributed by atoms with Crippen LogP contribution < -0.4 is 5.56 Å². The summed E-state index contributed by atoms with van der Waals surface area (Å²) in [6.07, 6.45) is 3.20. The van der Waals surface area contributed by atoms with E-state index in [9.17, 15) is 9.18 Å². The third-order valence-electron chi connectivity index (χ3n) is 3.09. The van der Waals surface area contributed by atoms with Crippen LogP contribution in [0, 0.1) is 5.82 Å². The highest BCUT2D eigenvalue weighted by molar-refractivity contribution is 7.12. The maximum atomic E-state index is 13.4. The summed E-state index contributed by atoms with van der Waals surface area (Å²) >= 11 is 1.32. The van der Waals surface area contributed by atoms with E-state index in [0.29, 0.717) is 21.8 Å². The van der Waals surface area contributed by atoms with Gasteiger partial charge in [-0.3, -0.25) is 4.79 Å². The fourth-order valence-electron chi connectivity index (χ4n) is 2.18. The van der Waals surface area contributed by atoms with Crippen LogP contribution in [0.15, 0.2) is 40.8 Å². The summed E-state index contributed by atoms with van der Waals surface area (Å²) in [4.78, 5) is 19.4. The van der Waals surface area contributed by atoms with E-state index in [1.807, 2.05) is 0 Å². The average Bonchev–Trinajstić information content (AvgIpc) is 3.07. The smallest absolute Gasteiger partial charge is 0.284 e. The lowest BCUT2D eigenvalue weighted by molar-refractivity contribution is 0.629. The van der Waals surface area contributed by atoms with Gasteiger partial charge in [-0.2, -0.15) is 9.78 Å². The van der Waals surface area contributed by atoms with Crippen LogP contribution in [0.2, 0.25) is 0 Å². The highest BCUT2D eigenvalue weighted by atomic mass is 32.1. The Morgan fingerprint density at radius 3 is 3.05 bits per heavy atom. The van der Waals surface area contributed by atoms with Gasteiger partial charge in [0.2, 0.25) is 5.13 Å². The van der Waals surface area contributed by atoms with Crippen molar-refractivity contribution in [1.82, 2.24) is 19.7 Å². The largest absolute Gasteiger partial charge is 0.360 e.